The maximum absolute atomic E-state index is 10.2. The minimum Gasteiger partial charge on any atom is -0.386 e. The lowest BCUT2D eigenvalue weighted by Gasteiger charge is -2.21. The molecule has 2 aromatic carbocycles. The Labute approximate surface area is 200 Å². The molecule has 3 nitrogen and oxygen atoms in total. The first-order valence-corrected chi connectivity index (χ1v) is 12.0. The fourth-order valence-electron chi connectivity index (χ4n) is 3.56. The number of rotatable bonds is 8. The zero-order valence-corrected chi connectivity index (χ0v) is 20.9. The third-order valence-electron chi connectivity index (χ3n) is 5.25. The molecule has 0 bridgehead atoms. The van der Waals surface area contributed by atoms with Crippen LogP contribution in [0.1, 0.15) is 40.2 Å². The van der Waals surface area contributed by atoms with E-state index in [0.717, 1.165) is 33.3 Å². The molecule has 32 heavy (non-hydrogen) atoms. The summed E-state index contributed by atoms with van der Waals surface area (Å²) in [7, 11) is 0. The molecule has 1 atom stereocenters. The summed E-state index contributed by atoms with van der Waals surface area (Å²) < 4.78 is 0. The largest absolute Gasteiger partial charge is 0.386 e. The summed E-state index contributed by atoms with van der Waals surface area (Å²) >= 11 is 8.23. The van der Waals surface area contributed by atoms with Crippen molar-refractivity contribution in [2.45, 2.75) is 46.3 Å². The lowest BCUT2D eigenvalue weighted by atomic mass is 9.95. The second-order valence-corrected chi connectivity index (χ2v) is 10.3. The molecule has 0 fully saturated rings. The van der Waals surface area contributed by atoms with Crippen molar-refractivity contribution in [1.82, 2.24) is 4.98 Å². The molecule has 168 valence electrons. The average Bonchev–Trinajstić information content (AvgIpc) is 2.74. The second-order valence-electron chi connectivity index (χ2n) is 8.81. The number of aliphatic hydroxyl groups is 1. The van der Waals surface area contributed by atoms with Crippen molar-refractivity contribution in [3.8, 4) is 11.1 Å². The molecule has 0 spiro atoms. The smallest absolute Gasteiger partial charge is 0.0840 e. The molecule has 1 unspecified atom stereocenters. The summed E-state index contributed by atoms with van der Waals surface area (Å²) in [4.78, 5) is 5.72. The van der Waals surface area contributed by atoms with E-state index in [-0.39, 0.29) is 6.04 Å². The predicted octanol–water partition coefficient (Wildman–Crippen LogP) is 8.00. The van der Waals surface area contributed by atoms with Crippen LogP contribution in [-0.2, 0) is 5.60 Å². The zero-order chi connectivity index (χ0) is 23.5. The van der Waals surface area contributed by atoms with Gasteiger partial charge in [0, 0.05) is 16.5 Å². The van der Waals surface area contributed by atoms with Crippen LogP contribution in [0.4, 0.5) is 5.69 Å². The molecule has 5 heteroatoms. The van der Waals surface area contributed by atoms with Crippen molar-refractivity contribution >= 4 is 40.0 Å². The molecule has 0 amide bonds. The highest BCUT2D eigenvalue weighted by Crippen LogP contribution is 2.35. The van der Waals surface area contributed by atoms with Gasteiger partial charge in [0.2, 0.25) is 0 Å². The Hall–Kier alpha value is -2.27. The third-order valence-corrected chi connectivity index (χ3v) is 6.47. The SMILES string of the molecule is C=CS/C(=C\C(C)C)C(C)Nc1c(Cl)cnc2ccc(-c3ccc(C(C)(C)O)cc3)cc12. The van der Waals surface area contributed by atoms with E-state index in [4.69, 9.17) is 11.6 Å². The molecular formula is C27H31ClN2OS. The topological polar surface area (TPSA) is 45.2 Å². The van der Waals surface area contributed by atoms with Crippen LogP contribution >= 0.6 is 23.4 Å². The van der Waals surface area contributed by atoms with E-state index in [1.165, 1.54) is 4.91 Å². The van der Waals surface area contributed by atoms with E-state index in [9.17, 15) is 5.11 Å². The first kappa shape index (κ1) is 24.4. The van der Waals surface area contributed by atoms with Crippen LogP contribution in [-0.4, -0.2) is 16.1 Å². The van der Waals surface area contributed by atoms with E-state index in [1.54, 1.807) is 31.8 Å². The van der Waals surface area contributed by atoms with Gasteiger partial charge in [-0.15, -0.1) is 11.8 Å². The standard InChI is InChI=1S/C27H31ClN2OS/c1-7-32-25(14-17(2)3)18(4)30-26-22-15-20(10-13-24(22)29-16-23(26)28)19-8-11-21(12-9-19)27(5,6)31/h7-18,31H,1H2,2-6H3,(H,29,30)/b25-14-. The number of nitrogens with one attached hydrogen (secondary N) is 1. The fourth-order valence-corrected chi connectivity index (χ4v) is 4.57. The molecule has 1 aromatic heterocycles. The molecule has 3 rings (SSSR count). The molecule has 0 aliphatic rings. The van der Waals surface area contributed by atoms with Gasteiger partial charge in [0.1, 0.15) is 0 Å². The van der Waals surface area contributed by atoms with E-state index in [1.807, 2.05) is 35.7 Å². The highest BCUT2D eigenvalue weighted by molar-refractivity contribution is 8.05. The summed E-state index contributed by atoms with van der Waals surface area (Å²) in [6, 6.07) is 14.3. The van der Waals surface area contributed by atoms with Crippen molar-refractivity contribution in [3.63, 3.8) is 0 Å². The highest BCUT2D eigenvalue weighted by atomic mass is 35.5. The van der Waals surface area contributed by atoms with Gasteiger partial charge >= 0.3 is 0 Å². The molecule has 1 heterocycles. The van der Waals surface area contributed by atoms with E-state index in [2.05, 4.69) is 55.9 Å². The Morgan fingerprint density at radius 3 is 2.38 bits per heavy atom. The number of halogens is 1. The quantitative estimate of drug-likeness (QED) is 0.353. The summed E-state index contributed by atoms with van der Waals surface area (Å²) in [6.45, 7) is 13.9. The number of anilines is 1. The van der Waals surface area contributed by atoms with Crippen LogP contribution in [0.25, 0.3) is 22.0 Å². The molecule has 0 aliphatic carbocycles. The Kier molecular flexibility index (Phi) is 7.71. The van der Waals surface area contributed by atoms with Crippen LogP contribution in [0.5, 0.6) is 0 Å². The number of pyridine rings is 1. The van der Waals surface area contributed by atoms with Gasteiger partial charge in [-0.05, 0) is 60.9 Å². The number of thioether (sulfide) groups is 1. The van der Waals surface area contributed by atoms with Crippen LogP contribution in [0.2, 0.25) is 5.02 Å². The van der Waals surface area contributed by atoms with Crippen molar-refractivity contribution in [3.05, 3.63) is 82.2 Å². The highest BCUT2D eigenvalue weighted by Gasteiger charge is 2.17. The van der Waals surface area contributed by atoms with Gasteiger partial charge in [0.05, 0.1) is 27.9 Å². The van der Waals surface area contributed by atoms with Crippen LogP contribution in [0.3, 0.4) is 0 Å². The normalized spacial score (nSPS) is 13.4. The van der Waals surface area contributed by atoms with Gasteiger partial charge < -0.3 is 10.4 Å². The molecule has 3 aromatic rings. The molecule has 0 radical (unpaired) electrons. The maximum Gasteiger partial charge on any atom is 0.0840 e. The minimum absolute atomic E-state index is 0.0678. The summed E-state index contributed by atoms with van der Waals surface area (Å²) in [5.41, 5.74) is 3.91. The summed E-state index contributed by atoms with van der Waals surface area (Å²) in [5.74, 6) is 0.435. The Morgan fingerprint density at radius 1 is 1.12 bits per heavy atom. The van der Waals surface area contributed by atoms with Crippen molar-refractivity contribution in [2.24, 2.45) is 5.92 Å². The number of hydrogen-bond donors (Lipinski definition) is 2. The summed E-state index contributed by atoms with van der Waals surface area (Å²) in [5, 5.41) is 17.3. The van der Waals surface area contributed by atoms with Gasteiger partial charge in [-0.25, -0.2) is 0 Å². The van der Waals surface area contributed by atoms with Gasteiger partial charge in [-0.2, -0.15) is 0 Å². The predicted molar refractivity (Wildman–Crippen MR) is 141 cm³/mol. The van der Waals surface area contributed by atoms with Gasteiger partial charge in [0.25, 0.3) is 0 Å². The van der Waals surface area contributed by atoms with Crippen molar-refractivity contribution < 1.29 is 5.11 Å². The monoisotopic (exact) mass is 466 g/mol. The Balaban J connectivity index is 2.02. The van der Waals surface area contributed by atoms with E-state index < -0.39 is 5.60 Å². The molecule has 0 saturated carbocycles. The van der Waals surface area contributed by atoms with Crippen LogP contribution < -0.4 is 5.32 Å². The van der Waals surface area contributed by atoms with E-state index in [0.29, 0.717) is 10.9 Å². The average molecular weight is 467 g/mol. The fraction of sp³-hybridized carbons (Fsp3) is 0.296. The molecular weight excluding hydrogens is 436 g/mol. The third kappa shape index (κ3) is 5.74. The summed E-state index contributed by atoms with van der Waals surface area (Å²) in [6.07, 6.45) is 3.94. The Bertz CT molecular complexity index is 1130. The second kappa shape index (κ2) is 10.1. The molecule has 2 N–H and O–H groups in total. The van der Waals surface area contributed by atoms with Gasteiger partial charge in [0.15, 0.2) is 0 Å². The maximum atomic E-state index is 10.2. The number of benzene rings is 2. The van der Waals surface area contributed by atoms with E-state index >= 15 is 0 Å². The minimum atomic E-state index is -0.864. The molecule has 0 aliphatic heterocycles. The van der Waals surface area contributed by atoms with Crippen LogP contribution in [0, 0.1) is 5.92 Å². The lowest BCUT2D eigenvalue weighted by Crippen LogP contribution is -2.17. The van der Waals surface area contributed by atoms with Crippen molar-refractivity contribution in [1.29, 1.82) is 0 Å². The first-order valence-electron chi connectivity index (χ1n) is 10.8. The van der Waals surface area contributed by atoms with Gasteiger partial charge in [-0.3, -0.25) is 4.98 Å². The Morgan fingerprint density at radius 2 is 1.78 bits per heavy atom. The number of allylic oxidation sites excluding steroid dienone is 1. The van der Waals surface area contributed by atoms with Gasteiger partial charge in [-0.1, -0.05) is 68.4 Å². The lowest BCUT2D eigenvalue weighted by molar-refractivity contribution is 0.0786. The van der Waals surface area contributed by atoms with Crippen LogP contribution in [0.15, 0.2) is 71.6 Å². The molecule has 0 saturated heterocycles. The number of hydrogen-bond acceptors (Lipinski definition) is 4. The number of fused-ring (bicyclic) bond motifs is 1. The number of aromatic nitrogens is 1. The number of nitrogens with zero attached hydrogens (tertiary/aromatic N) is 1. The zero-order valence-electron chi connectivity index (χ0n) is 19.3. The van der Waals surface area contributed by atoms with Crippen molar-refractivity contribution in [2.75, 3.05) is 5.32 Å². The first-order chi connectivity index (χ1) is 15.1.